The summed E-state index contributed by atoms with van der Waals surface area (Å²) in [6.07, 6.45) is 0.716. The number of rotatable bonds is 6. The minimum absolute atomic E-state index is 0.0311. The van der Waals surface area contributed by atoms with Crippen molar-refractivity contribution in [2.75, 3.05) is 21.1 Å². The molecule has 122 valence electrons. The number of carbonyl (C=O) groups is 1. The molecule has 0 aliphatic heterocycles. The average Bonchev–Trinajstić information content (AvgIpc) is 2.60. The van der Waals surface area contributed by atoms with Gasteiger partial charge in [0.25, 0.3) is 0 Å². The molecule has 2 aromatic rings. The fourth-order valence-electron chi connectivity index (χ4n) is 3.04. The molecule has 0 radical (unpaired) electrons. The summed E-state index contributed by atoms with van der Waals surface area (Å²) in [6, 6.07) is 20.4. The second-order valence-corrected chi connectivity index (χ2v) is 6.23. The van der Waals surface area contributed by atoms with Crippen molar-refractivity contribution in [3.63, 3.8) is 0 Å². The third kappa shape index (κ3) is 3.45. The predicted octanol–water partition coefficient (Wildman–Crippen LogP) is 3.06. The zero-order valence-electron chi connectivity index (χ0n) is 14.4. The van der Waals surface area contributed by atoms with E-state index in [2.05, 4.69) is 31.2 Å². The highest BCUT2D eigenvalue weighted by molar-refractivity contribution is 5.92. The molecule has 0 fully saturated rings. The smallest absolute Gasteiger partial charge is 0.234 e. The van der Waals surface area contributed by atoms with Crippen molar-refractivity contribution >= 4 is 5.91 Å². The van der Waals surface area contributed by atoms with E-state index in [0.717, 1.165) is 11.1 Å². The Morgan fingerprint density at radius 2 is 1.43 bits per heavy atom. The Kier molecular flexibility index (Phi) is 5.56. The molecule has 0 heterocycles. The molecule has 0 spiro atoms. The Bertz CT molecular complexity index is 583. The van der Waals surface area contributed by atoms with Crippen LogP contribution >= 0.6 is 0 Å². The first-order valence-electron chi connectivity index (χ1n) is 8.02. The van der Waals surface area contributed by atoms with E-state index in [0.29, 0.717) is 6.42 Å². The van der Waals surface area contributed by atoms with Crippen LogP contribution in [0.3, 0.4) is 0 Å². The highest BCUT2D eigenvalue weighted by atomic mass is 16.2. The van der Waals surface area contributed by atoms with E-state index in [1.54, 1.807) is 7.05 Å². The first-order chi connectivity index (χ1) is 11.0. The summed E-state index contributed by atoms with van der Waals surface area (Å²) in [4.78, 5) is 15.2. The lowest BCUT2D eigenvalue weighted by Crippen LogP contribution is -2.47. The predicted molar refractivity (Wildman–Crippen MR) is 95.5 cm³/mol. The van der Waals surface area contributed by atoms with Gasteiger partial charge >= 0.3 is 0 Å². The zero-order valence-corrected chi connectivity index (χ0v) is 14.4. The number of carbonyl (C=O) groups excluding carboxylic acids is 1. The van der Waals surface area contributed by atoms with Gasteiger partial charge in [-0.15, -0.1) is 0 Å². The van der Waals surface area contributed by atoms with Gasteiger partial charge in [0.2, 0.25) is 5.91 Å². The third-order valence-corrected chi connectivity index (χ3v) is 4.63. The van der Waals surface area contributed by atoms with Gasteiger partial charge in [0.1, 0.15) is 5.41 Å². The van der Waals surface area contributed by atoms with E-state index in [9.17, 15) is 4.79 Å². The number of likely N-dealkylation sites (N-methyl/N-ethyl adjacent to an activating group) is 1. The van der Waals surface area contributed by atoms with Gasteiger partial charge in [-0.2, -0.15) is 0 Å². The molecular weight excluding hydrogens is 284 g/mol. The zero-order chi connectivity index (χ0) is 16.9. The van der Waals surface area contributed by atoms with Crippen molar-refractivity contribution in [2.24, 2.45) is 0 Å². The Labute approximate surface area is 139 Å². The van der Waals surface area contributed by atoms with Crippen molar-refractivity contribution in [3.8, 4) is 0 Å². The molecule has 0 bridgehead atoms. The fourth-order valence-corrected chi connectivity index (χ4v) is 3.04. The standard InChI is InChI=1S/C20H26N2O/c1-16(22(3)4)15-20(19(23)21-2,17-11-7-5-8-12-17)18-13-9-6-10-14-18/h5-14,16H,15H2,1-4H3,(H,21,23). The molecule has 0 saturated heterocycles. The fraction of sp³-hybridized carbons (Fsp3) is 0.350. The lowest BCUT2D eigenvalue weighted by molar-refractivity contribution is -0.125. The molecule has 0 saturated carbocycles. The normalized spacial score (nSPS) is 12.9. The van der Waals surface area contributed by atoms with Crippen LogP contribution in [0.15, 0.2) is 60.7 Å². The van der Waals surface area contributed by atoms with Crippen LogP contribution in [-0.4, -0.2) is 38.0 Å². The maximum absolute atomic E-state index is 13.1. The van der Waals surface area contributed by atoms with Crippen LogP contribution in [0.1, 0.15) is 24.5 Å². The molecule has 2 aromatic carbocycles. The number of benzene rings is 2. The lowest BCUT2D eigenvalue weighted by Gasteiger charge is -2.37. The molecule has 1 atom stereocenters. The van der Waals surface area contributed by atoms with Gasteiger partial charge in [0, 0.05) is 13.1 Å². The monoisotopic (exact) mass is 310 g/mol. The number of amides is 1. The third-order valence-electron chi connectivity index (χ3n) is 4.63. The molecule has 0 aromatic heterocycles. The van der Waals surface area contributed by atoms with E-state index in [1.165, 1.54) is 0 Å². The van der Waals surface area contributed by atoms with Crippen LogP contribution in [0.4, 0.5) is 0 Å². The Hall–Kier alpha value is -2.13. The van der Waals surface area contributed by atoms with Gasteiger partial charge in [0.15, 0.2) is 0 Å². The van der Waals surface area contributed by atoms with E-state index in [-0.39, 0.29) is 11.9 Å². The Morgan fingerprint density at radius 3 is 1.78 bits per heavy atom. The van der Waals surface area contributed by atoms with Crippen molar-refractivity contribution in [3.05, 3.63) is 71.8 Å². The highest BCUT2D eigenvalue weighted by Gasteiger charge is 2.42. The molecule has 2 rings (SSSR count). The number of hydrogen-bond donors (Lipinski definition) is 1. The van der Waals surface area contributed by atoms with Crippen LogP contribution in [0, 0.1) is 0 Å². The molecule has 3 heteroatoms. The highest BCUT2D eigenvalue weighted by Crippen LogP contribution is 2.37. The van der Waals surface area contributed by atoms with E-state index in [4.69, 9.17) is 0 Å². The van der Waals surface area contributed by atoms with Crippen molar-refractivity contribution in [2.45, 2.75) is 24.8 Å². The van der Waals surface area contributed by atoms with Gasteiger partial charge in [0.05, 0.1) is 0 Å². The summed E-state index contributed by atoms with van der Waals surface area (Å²) in [7, 11) is 5.81. The second-order valence-electron chi connectivity index (χ2n) is 6.23. The summed E-state index contributed by atoms with van der Waals surface area (Å²) in [6.45, 7) is 2.16. The molecule has 1 N–H and O–H groups in total. The van der Waals surface area contributed by atoms with E-state index < -0.39 is 5.41 Å². The van der Waals surface area contributed by atoms with Crippen LogP contribution in [0.5, 0.6) is 0 Å². The maximum Gasteiger partial charge on any atom is 0.234 e. The molecular formula is C20H26N2O. The molecule has 1 amide bonds. The molecule has 0 aliphatic rings. The van der Waals surface area contributed by atoms with Gasteiger partial charge in [-0.25, -0.2) is 0 Å². The van der Waals surface area contributed by atoms with Gasteiger partial charge in [-0.05, 0) is 38.6 Å². The number of nitrogens with one attached hydrogen (secondary N) is 1. The number of hydrogen-bond acceptors (Lipinski definition) is 2. The Balaban J connectivity index is 2.66. The first kappa shape index (κ1) is 17.2. The number of nitrogens with zero attached hydrogens (tertiary/aromatic N) is 1. The van der Waals surface area contributed by atoms with Gasteiger partial charge in [-0.1, -0.05) is 60.7 Å². The Morgan fingerprint density at radius 1 is 1.00 bits per heavy atom. The van der Waals surface area contributed by atoms with Crippen LogP contribution in [-0.2, 0) is 10.2 Å². The van der Waals surface area contributed by atoms with Crippen molar-refractivity contribution < 1.29 is 4.79 Å². The second kappa shape index (κ2) is 7.42. The molecule has 3 nitrogen and oxygen atoms in total. The minimum Gasteiger partial charge on any atom is -0.358 e. The summed E-state index contributed by atoms with van der Waals surface area (Å²) >= 11 is 0. The maximum atomic E-state index is 13.1. The summed E-state index contributed by atoms with van der Waals surface area (Å²) in [5, 5.41) is 2.89. The van der Waals surface area contributed by atoms with Crippen molar-refractivity contribution in [1.82, 2.24) is 10.2 Å². The molecule has 0 aliphatic carbocycles. The van der Waals surface area contributed by atoms with Crippen LogP contribution in [0.2, 0.25) is 0 Å². The minimum atomic E-state index is -0.693. The quantitative estimate of drug-likeness (QED) is 0.889. The van der Waals surface area contributed by atoms with Crippen LogP contribution in [0.25, 0.3) is 0 Å². The van der Waals surface area contributed by atoms with Gasteiger partial charge in [-0.3, -0.25) is 4.79 Å². The average molecular weight is 310 g/mol. The summed E-state index contributed by atoms with van der Waals surface area (Å²) in [5.74, 6) is 0.0311. The lowest BCUT2D eigenvalue weighted by atomic mass is 9.69. The topological polar surface area (TPSA) is 32.3 Å². The van der Waals surface area contributed by atoms with Crippen LogP contribution < -0.4 is 5.32 Å². The SMILES string of the molecule is CNC(=O)C(CC(C)N(C)C)(c1ccccc1)c1ccccc1. The van der Waals surface area contributed by atoms with Gasteiger partial charge < -0.3 is 10.2 Å². The summed E-state index contributed by atoms with van der Waals surface area (Å²) < 4.78 is 0. The first-order valence-corrected chi connectivity index (χ1v) is 8.02. The largest absolute Gasteiger partial charge is 0.358 e. The summed E-state index contributed by atoms with van der Waals surface area (Å²) in [5.41, 5.74) is 1.36. The van der Waals surface area contributed by atoms with Crippen molar-refractivity contribution in [1.29, 1.82) is 0 Å². The van der Waals surface area contributed by atoms with E-state index >= 15 is 0 Å². The van der Waals surface area contributed by atoms with E-state index in [1.807, 2.05) is 60.7 Å². The molecule has 23 heavy (non-hydrogen) atoms. The molecule has 1 unspecified atom stereocenters.